The van der Waals surface area contributed by atoms with Gasteiger partial charge in [0, 0.05) is 28.9 Å². The second kappa shape index (κ2) is 9.56. The van der Waals surface area contributed by atoms with Crippen LogP contribution in [0.5, 0.6) is 0 Å². The minimum absolute atomic E-state index is 0.0510. The molecule has 1 aromatic carbocycles. The van der Waals surface area contributed by atoms with E-state index < -0.39 is 0 Å². The molecule has 0 atom stereocenters. The number of aromatic nitrogens is 3. The minimum Gasteiger partial charge on any atom is -0.343 e. The van der Waals surface area contributed by atoms with Gasteiger partial charge in [-0.1, -0.05) is 52.8 Å². The summed E-state index contributed by atoms with van der Waals surface area (Å²) in [7, 11) is 0. The molecule has 2 N–H and O–H groups in total. The molecule has 0 fully saturated rings. The molecule has 1 amide bonds. The molecule has 0 aliphatic carbocycles. The highest BCUT2D eigenvalue weighted by molar-refractivity contribution is 8.00. The molecule has 0 unspecified atom stereocenters. The van der Waals surface area contributed by atoms with Crippen molar-refractivity contribution in [2.24, 2.45) is 0 Å². The van der Waals surface area contributed by atoms with Crippen molar-refractivity contribution in [2.45, 2.75) is 29.9 Å². The van der Waals surface area contributed by atoms with E-state index in [4.69, 9.17) is 29.0 Å². The predicted molar refractivity (Wildman–Crippen MR) is 105 cm³/mol. The molecule has 2 aromatic rings. The van der Waals surface area contributed by atoms with Crippen LogP contribution in [0.15, 0.2) is 28.5 Å². The summed E-state index contributed by atoms with van der Waals surface area (Å²) >= 11 is 15.0. The van der Waals surface area contributed by atoms with E-state index in [0.29, 0.717) is 39.2 Å². The third-order valence-corrected chi connectivity index (χ3v) is 6.09. The second-order valence-corrected chi connectivity index (χ2v) is 7.68. The van der Waals surface area contributed by atoms with Crippen LogP contribution in [0.2, 0.25) is 10.0 Å². The van der Waals surface area contributed by atoms with Crippen molar-refractivity contribution >= 4 is 52.6 Å². The number of thioether (sulfide) groups is 2. The topological polar surface area (TPSA) is 77.0 Å². The molecule has 0 spiro atoms. The number of nitrogen functional groups attached to an aromatic ring is 1. The first-order chi connectivity index (χ1) is 12.0. The van der Waals surface area contributed by atoms with Crippen molar-refractivity contribution in [3.63, 3.8) is 0 Å². The molecule has 6 nitrogen and oxygen atoms in total. The molecule has 0 aliphatic heterocycles. The lowest BCUT2D eigenvalue weighted by Crippen LogP contribution is -2.32. The SMILES string of the molecule is CCN(CC)C(=O)CSc1nnc(SCc2c(Cl)cccc2Cl)n1N. The highest BCUT2D eigenvalue weighted by Gasteiger charge is 2.16. The average Bonchev–Trinajstić information content (AvgIpc) is 2.94. The van der Waals surface area contributed by atoms with Crippen molar-refractivity contribution in [3.05, 3.63) is 33.8 Å². The number of nitrogens with zero attached hydrogens (tertiary/aromatic N) is 4. The van der Waals surface area contributed by atoms with Gasteiger partial charge in [-0.15, -0.1) is 10.2 Å². The van der Waals surface area contributed by atoms with Crippen molar-refractivity contribution < 1.29 is 4.79 Å². The van der Waals surface area contributed by atoms with Crippen LogP contribution < -0.4 is 5.84 Å². The van der Waals surface area contributed by atoms with Crippen LogP contribution in [0.3, 0.4) is 0 Å². The first kappa shape index (κ1) is 20.2. The zero-order valence-electron chi connectivity index (χ0n) is 13.9. The van der Waals surface area contributed by atoms with E-state index in [2.05, 4.69) is 10.2 Å². The summed E-state index contributed by atoms with van der Waals surface area (Å²) < 4.78 is 1.38. The number of nitrogens with two attached hydrogens (primary N) is 1. The Morgan fingerprint density at radius 1 is 1.16 bits per heavy atom. The van der Waals surface area contributed by atoms with Crippen molar-refractivity contribution in [1.82, 2.24) is 19.8 Å². The van der Waals surface area contributed by atoms with Gasteiger partial charge in [-0.3, -0.25) is 4.79 Å². The van der Waals surface area contributed by atoms with Crippen LogP contribution in [-0.4, -0.2) is 44.5 Å². The summed E-state index contributed by atoms with van der Waals surface area (Å²) in [6, 6.07) is 5.37. The maximum absolute atomic E-state index is 12.1. The number of halogens is 2. The van der Waals surface area contributed by atoms with E-state index in [0.717, 1.165) is 5.56 Å². The molecule has 0 radical (unpaired) electrons. The van der Waals surface area contributed by atoms with E-state index in [1.807, 2.05) is 13.8 Å². The molecule has 0 bridgehead atoms. The fourth-order valence-electron chi connectivity index (χ4n) is 2.06. The summed E-state index contributed by atoms with van der Waals surface area (Å²) in [4.78, 5) is 13.8. The zero-order chi connectivity index (χ0) is 18.4. The van der Waals surface area contributed by atoms with Crippen molar-refractivity contribution in [3.8, 4) is 0 Å². The van der Waals surface area contributed by atoms with Crippen LogP contribution >= 0.6 is 46.7 Å². The average molecular weight is 420 g/mol. The van der Waals surface area contributed by atoms with Crippen LogP contribution in [0.4, 0.5) is 0 Å². The van der Waals surface area contributed by atoms with Gasteiger partial charge in [0.1, 0.15) is 0 Å². The fourth-order valence-corrected chi connectivity index (χ4v) is 4.48. The quantitative estimate of drug-likeness (QED) is 0.520. The lowest BCUT2D eigenvalue weighted by molar-refractivity contribution is -0.127. The lowest BCUT2D eigenvalue weighted by Gasteiger charge is -2.17. The molecular formula is C15H19Cl2N5OS2. The summed E-state index contributed by atoms with van der Waals surface area (Å²) in [6.45, 7) is 5.27. The Balaban J connectivity index is 1.98. The third-order valence-electron chi connectivity index (χ3n) is 3.48. The largest absolute Gasteiger partial charge is 0.343 e. The summed E-state index contributed by atoms with van der Waals surface area (Å²) in [6.07, 6.45) is 0. The normalized spacial score (nSPS) is 10.9. The van der Waals surface area contributed by atoms with E-state index >= 15 is 0 Å². The van der Waals surface area contributed by atoms with Crippen LogP contribution in [-0.2, 0) is 10.5 Å². The van der Waals surface area contributed by atoms with Gasteiger partial charge in [0.05, 0.1) is 5.75 Å². The van der Waals surface area contributed by atoms with Gasteiger partial charge in [0.25, 0.3) is 0 Å². The van der Waals surface area contributed by atoms with Gasteiger partial charge in [0.15, 0.2) is 0 Å². The minimum atomic E-state index is 0.0510. The predicted octanol–water partition coefficient (Wildman–Crippen LogP) is 3.55. The first-order valence-electron chi connectivity index (χ1n) is 7.64. The Bertz CT molecular complexity index is 716. The Labute approximate surface area is 165 Å². The molecule has 2 rings (SSSR count). The molecule has 0 aliphatic rings. The van der Waals surface area contributed by atoms with Gasteiger partial charge in [-0.2, -0.15) is 0 Å². The van der Waals surface area contributed by atoms with Gasteiger partial charge in [-0.05, 0) is 31.5 Å². The van der Waals surface area contributed by atoms with E-state index in [1.54, 1.807) is 23.1 Å². The molecule has 0 saturated heterocycles. The van der Waals surface area contributed by atoms with Gasteiger partial charge in [0.2, 0.25) is 16.2 Å². The molecule has 136 valence electrons. The van der Waals surface area contributed by atoms with Gasteiger partial charge in [-0.25, -0.2) is 4.68 Å². The van der Waals surface area contributed by atoms with E-state index in [9.17, 15) is 4.79 Å². The Hall–Kier alpha value is -1.09. The fraction of sp³-hybridized carbons (Fsp3) is 0.400. The number of benzene rings is 1. The molecule has 1 aromatic heterocycles. The molecule has 10 heteroatoms. The standard InChI is InChI=1S/C15H19Cl2N5OS2/c1-3-21(4-2)13(23)9-25-15-20-19-14(22(15)18)24-8-10-11(16)6-5-7-12(10)17/h5-7H,3-4,8-9,18H2,1-2H3. The number of hydrogen-bond acceptors (Lipinski definition) is 6. The maximum atomic E-state index is 12.1. The summed E-state index contributed by atoms with van der Waals surface area (Å²) in [5.74, 6) is 6.88. The number of amides is 1. The zero-order valence-corrected chi connectivity index (χ0v) is 17.1. The third kappa shape index (κ3) is 5.20. The smallest absolute Gasteiger partial charge is 0.233 e. The number of carbonyl (C=O) groups is 1. The molecule has 0 saturated carbocycles. The molecular weight excluding hydrogens is 401 g/mol. The van der Waals surface area contributed by atoms with Crippen LogP contribution in [0, 0.1) is 0 Å². The Morgan fingerprint density at radius 3 is 2.28 bits per heavy atom. The summed E-state index contributed by atoms with van der Waals surface area (Å²) in [5, 5.41) is 10.4. The summed E-state index contributed by atoms with van der Waals surface area (Å²) in [5.41, 5.74) is 0.824. The van der Waals surface area contributed by atoms with Crippen LogP contribution in [0.1, 0.15) is 19.4 Å². The number of carbonyl (C=O) groups excluding carboxylic acids is 1. The highest BCUT2D eigenvalue weighted by Crippen LogP contribution is 2.31. The lowest BCUT2D eigenvalue weighted by atomic mass is 10.2. The number of rotatable bonds is 8. The number of hydrogen-bond donors (Lipinski definition) is 1. The maximum Gasteiger partial charge on any atom is 0.233 e. The van der Waals surface area contributed by atoms with Crippen molar-refractivity contribution in [2.75, 3.05) is 24.7 Å². The molecule has 1 heterocycles. The Kier molecular flexibility index (Phi) is 7.74. The van der Waals surface area contributed by atoms with Gasteiger partial charge < -0.3 is 10.7 Å². The Morgan fingerprint density at radius 2 is 1.72 bits per heavy atom. The second-order valence-electron chi connectivity index (χ2n) is 4.98. The van der Waals surface area contributed by atoms with E-state index in [-0.39, 0.29) is 11.7 Å². The molecule has 25 heavy (non-hydrogen) atoms. The monoisotopic (exact) mass is 419 g/mol. The first-order valence-corrected chi connectivity index (χ1v) is 10.4. The highest BCUT2D eigenvalue weighted by atomic mass is 35.5. The van der Waals surface area contributed by atoms with Crippen molar-refractivity contribution in [1.29, 1.82) is 0 Å². The van der Waals surface area contributed by atoms with Gasteiger partial charge >= 0.3 is 0 Å². The van der Waals surface area contributed by atoms with E-state index in [1.165, 1.54) is 28.2 Å². The van der Waals surface area contributed by atoms with Crippen LogP contribution in [0.25, 0.3) is 0 Å².